The number of carboxylic acid groups (broad SMARTS) is 1. The minimum absolute atomic E-state index is 0.419. The first-order valence-electron chi connectivity index (χ1n) is 17.9. The maximum atomic E-state index is 11.8. The van der Waals surface area contributed by atoms with E-state index in [1.54, 1.807) is 90.1 Å². The summed E-state index contributed by atoms with van der Waals surface area (Å²) in [5, 5.41) is 18.8. The number of carboxylic acids is 1. The highest BCUT2D eigenvalue weighted by Crippen LogP contribution is 2.23. The van der Waals surface area contributed by atoms with E-state index < -0.39 is 47.4 Å². The Morgan fingerprint density at radius 2 is 0.981 bits per heavy atom. The van der Waals surface area contributed by atoms with Gasteiger partial charge in [0.25, 0.3) is 0 Å². The van der Waals surface area contributed by atoms with Crippen LogP contribution in [-0.2, 0) is 23.8 Å². The molecule has 2 amide bonds. The van der Waals surface area contributed by atoms with Gasteiger partial charge in [-0.15, -0.1) is 0 Å². The van der Waals surface area contributed by atoms with Crippen molar-refractivity contribution >= 4 is 47.3 Å². The number of methoxy groups -OCH3 is 1. The molecule has 2 aliphatic carbocycles. The van der Waals surface area contributed by atoms with Gasteiger partial charge in [-0.1, -0.05) is 86.0 Å². The number of benzene rings is 2. The number of halogens is 2. The fourth-order valence-corrected chi connectivity index (χ4v) is 5.97. The zero-order chi connectivity index (χ0) is 38.9. The molecule has 2 aliphatic rings. The number of amides is 2. The van der Waals surface area contributed by atoms with Crippen LogP contribution in [-0.4, -0.2) is 59.6 Å². The van der Waals surface area contributed by atoms with Crippen LogP contribution in [0.5, 0.6) is 0 Å². The summed E-state index contributed by atoms with van der Waals surface area (Å²) in [5.41, 5.74) is -0.354. The Morgan fingerprint density at radius 3 is 1.31 bits per heavy atom. The summed E-state index contributed by atoms with van der Waals surface area (Å²) in [5.74, 6) is -1.76. The second-order valence-electron chi connectivity index (χ2n) is 15.0. The van der Waals surface area contributed by atoms with Crippen molar-refractivity contribution < 1.29 is 38.5 Å². The maximum Gasteiger partial charge on any atom is 0.408 e. The van der Waals surface area contributed by atoms with E-state index in [2.05, 4.69) is 20.7 Å². The number of carbonyl (C=O) groups excluding carboxylic acids is 3. The number of ether oxygens (including phenoxy) is 3. The van der Waals surface area contributed by atoms with Gasteiger partial charge >= 0.3 is 24.1 Å². The Morgan fingerprint density at radius 1 is 0.635 bits per heavy atom. The summed E-state index contributed by atoms with van der Waals surface area (Å²) in [7, 11) is 1.25. The summed E-state index contributed by atoms with van der Waals surface area (Å²) >= 11 is 11.5. The molecule has 2 aromatic rings. The first-order chi connectivity index (χ1) is 24.4. The maximum absolute atomic E-state index is 11.8. The molecule has 52 heavy (non-hydrogen) atoms. The number of carbonyl (C=O) groups is 4. The second kappa shape index (κ2) is 21.9. The fourth-order valence-electron chi connectivity index (χ4n) is 5.72. The highest BCUT2D eigenvalue weighted by Gasteiger charge is 2.27. The average Bonchev–Trinajstić information content (AvgIpc) is 3.07. The van der Waals surface area contributed by atoms with Crippen molar-refractivity contribution in [1.82, 2.24) is 16.0 Å². The Labute approximate surface area is 318 Å². The standard InChI is InChI=1S/C14H18ClNO4.C13H16ClNO4.C12H23N/c1-14(2,3)20-13(18)16-11(12(17)19-4)9-5-7-10(15)8-6-9;1-13(2,3)19-12(18)15-10(11(16)17)8-4-6-9(14)7-5-8;1-3-7-11(8-4-1)13-12-9-5-2-6-10-12/h5-8,11H,1-4H3,(H,16,18);4-7,10H,1-3H3,(H,15,18)(H,16,17);11-13H,1-10H2/t11-;10-;/m00./s1. The Hall–Kier alpha value is -3.54. The Balaban J connectivity index is 0.000000276. The van der Waals surface area contributed by atoms with Gasteiger partial charge in [-0.05, 0) is 103 Å². The molecule has 4 N–H and O–H groups in total. The summed E-state index contributed by atoms with van der Waals surface area (Å²) in [6.45, 7) is 10.3. The average molecular weight is 767 g/mol. The normalized spacial score (nSPS) is 16.3. The van der Waals surface area contributed by atoms with Crippen LogP contribution in [0, 0.1) is 0 Å². The summed E-state index contributed by atoms with van der Waals surface area (Å²) < 4.78 is 14.8. The molecule has 11 nitrogen and oxygen atoms in total. The number of hydrogen-bond acceptors (Lipinski definition) is 8. The number of nitrogens with one attached hydrogen (secondary N) is 3. The van der Waals surface area contributed by atoms with Gasteiger partial charge in [-0.25, -0.2) is 19.2 Å². The molecular formula is C39H57Cl2N3O8. The molecule has 0 unspecified atom stereocenters. The monoisotopic (exact) mass is 765 g/mol. The van der Waals surface area contributed by atoms with E-state index in [4.69, 9.17) is 37.8 Å². The Bertz CT molecular complexity index is 1380. The zero-order valence-electron chi connectivity index (χ0n) is 31.6. The summed E-state index contributed by atoms with van der Waals surface area (Å²) in [4.78, 5) is 46.3. The van der Waals surface area contributed by atoms with E-state index in [0.717, 1.165) is 12.1 Å². The lowest BCUT2D eigenvalue weighted by molar-refractivity contribution is -0.143. The lowest BCUT2D eigenvalue weighted by Gasteiger charge is -2.30. The van der Waals surface area contributed by atoms with Crippen LogP contribution in [0.4, 0.5) is 9.59 Å². The van der Waals surface area contributed by atoms with Gasteiger partial charge in [0.1, 0.15) is 11.2 Å². The van der Waals surface area contributed by atoms with E-state index in [-0.39, 0.29) is 0 Å². The number of alkyl carbamates (subject to hydrolysis) is 2. The minimum atomic E-state index is -1.17. The first-order valence-corrected chi connectivity index (χ1v) is 18.7. The van der Waals surface area contributed by atoms with E-state index in [1.807, 2.05) is 0 Å². The third-order valence-corrected chi connectivity index (χ3v) is 8.60. The van der Waals surface area contributed by atoms with Crippen molar-refractivity contribution in [3.63, 3.8) is 0 Å². The van der Waals surface area contributed by atoms with Gasteiger partial charge in [-0.3, -0.25) is 0 Å². The van der Waals surface area contributed by atoms with E-state index >= 15 is 0 Å². The van der Waals surface area contributed by atoms with Crippen molar-refractivity contribution in [1.29, 1.82) is 0 Å². The summed E-state index contributed by atoms with van der Waals surface area (Å²) in [6.07, 6.45) is 13.1. The summed E-state index contributed by atoms with van der Waals surface area (Å²) in [6, 6.07) is 12.4. The molecular weight excluding hydrogens is 709 g/mol. The molecule has 0 aromatic heterocycles. The Kier molecular flexibility index (Phi) is 18.8. The van der Waals surface area contributed by atoms with E-state index in [9.17, 15) is 19.2 Å². The third-order valence-electron chi connectivity index (χ3n) is 8.09. The molecule has 0 aliphatic heterocycles. The molecule has 2 atom stereocenters. The topological polar surface area (TPSA) is 152 Å². The molecule has 0 radical (unpaired) electrons. The number of esters is 1. The highest BCUT2D eigenvalue weighted by atomic mass is 35.5. The lowest BCUT2D eigenvalue weighted by Crippen LogP contribution is -2.40. The lowest BCUT2D eigenvalue weighted by atomic mass is 9.91. The number of hydrogen-bond donors (Lipinski definition) is 4. The molecule has 0 heterocycles. The number of aliphatic carboxylic acids is 1. The van der Waals surface area contributed by atoms with Crippen LogP contribution in [0.1, 0.15) is 129 Å². The number of rotatable bonds is 8. The molecule has 0 spiro atoms. The van der Waals surface area contributed by atoms with Crippen molar-refractivity contribution in [2.75, 3.05) is 7.11 Å². The third kappa shape index (κ3) is 18.3. The molecule has 2 aromatic carbocycles. The second-order valence-corrected chi connectivity index (χ2v) is 15.8. The van der Waals surface area contributed by atoms with Crippen LogP contribution in [0.3, 0.4) is 0 Å². The molecule has 4 rings (SSSR count). The van der Waals surface area contributed by atoms with Crippen LogP contribution in [0.15, 0.2) is 48.5 Å². The van der Waals surface area contributed by atoms with Gasteiger partial charge in [0.05, 0.1) is 7.11 Å². The molecule has 0 bridgehead atoms. The highest BCUT2D eigenvalue weighted by molar-refractivity contribution is 6.30. The van der Waals surface area contributed by atoms with E-state index in [1.165, 1.54) is 71.3 Å². The van der Waals surface area contributed by atoms with Crippen molar-refractivity contribution in [3.8, 4) is 0 Å². The van der Waals surface area contributed by atoms with Gasteiger partial charge < -0.3 is 35.3 Å². The predicted octanol–water partition coefficient (Wildman–Crippen LogP) is 9.31. The van der Waals surface area contributed by atoms with Crippen LogP contribution < -0.4 is 16.0 Å². The van der Waals surface area contributed by atoms with Crippen LogP contribution in [0.2, 0.25) is 10.0 Å². The quantitative estimate of drug-likeness (QED) is 0.152. The fraction of sp³-hybridized carbons (Fsp3) is 0.590. The first kappa shape index (κ1) is 44.6. The van der Waals surface area contributed by atoms with Gasteiger partial charge in [0.2, 0.25) is 0 Å². The van der Waals surface area contributed by atoms with Gasteiger partial charge in [0, 0.05) is 22.1 Å². The van der Waals surface area contributed by atoms with Gasteiger partial charge in [0.15, 0.2) is 12.1 Å². The molecule has 0 saturated heterocycles. The molecule has 13 heteroatoms. The SMILES string of the molecule is C1CCC(NC2CCCCC2)CC1.CC(C)(C)OC(=O)N[C@H](C(=O)O)c1ccc(Cl)cc1.COC(=O)[C@@H](NC(=O)OC(C)(C)C)c1ccc(Cl)cc1. The van der Waals surface area contributed by atoms with Gasteiger partial charge in [-0.2, -0.15) is 0 Å². The predicted molar refractivity (Wildman–Crippen MR) is 204 cm³/mol. The molecule has 2 fully saturated rings. The largest absolute Gasteiger partial charge is 0.479 e. The van der Waals surface area contributed by atoms with Crippen molar-refractivity contribution in [3.05, 3.63) is 69.7 Å². The van der Waals surface area contributed by atoms with Crippen molar-refractivity contribution in [2.24, 2.45) is 0 Å². The van der Waals surface area contributed by atoms with E-state index in [0.29, 0.717) is 21.2 Å². The van der Waals surface area contributed by atoms with Crippen LogP contribution >= 0.6 is 23.2 Å². The minimum Gasteiger partial charge on any atom is -0.479 e. The molecule has 2 saturated carbocycles. The molecule has 290 valence electrons. The zero-order valence-corrected chi connectivity index (χ0v) is 33.1. The van der Waals surface area contributed by atoms with Crippen LogP contribution in [0.25, 0.3) is 0 Å². The van der Waals surface area contributed by atoms with Crippen molar-refractivity contribution in [2.45, 2.75) is 141 Å². The smallest absolute Gasteiger partial charge is 0.408 e.